The summed E-state index contributed by atoms with van der Waals surface area (Å²) in [5.41, 5.74) is 3.15. The standard InChI is InChI=1S/C22H20N2O3S/c1-25-19-10-5-8-15(21(19)26-2)22-24-17(14-7-3-4-9-18(14)27-22)13-16(23-24)20-11-6-12-28-20/h3-12,17,22H,13H2,1-2H3. The molecule has 5 rings (SSSR count). The Labute approximate surface area is 167 Å². The quantitative estimate of drug-likeness (QED) is 0.626. The minimum atomic E-state index is -0.387. The maximum Gasteiger partial charge on any atom is 0.217 e. The summed E-state index contributed by atoms with van der Waals surface area (Å²) in [5, 5.41) is 9.13. The number of nitrogens with zero attached hydrogens (tertiary/aromatic N) is 2. The van der Waals surface area contributed by atoms with Crippen LogP contribution in [0.5, 0.6) is 17.2 Å². The summed E-state index contributed by atoms with van der Waals surface area (Å²) in [6, 6.07) is 18.4. The molecule has 0 N–H and O–H groups in total. The van der Waals surface area contributed by atoms with Crippen LogP contribution in [-0.4, -0.2) is 24.9 Å². The highest BCUT2D eigenvalue weighted by atomic mass is 32.1. The zero-order chi connectivity index (χ0) is 19.1. The first-order chi connectivity index (χ1) is 13.8. The van der Waals surface area contributed by atoms with Gasteiger partial charge in [0.2, 0.25) is 6.23 Å². The van der Waals surface area contributed by atoms with E-state index in [4.69, 9.17) is 19.3 Å². The predicted octanol–water partition coefficient (Wildman–Crippen LogP) is 5.01. The van der Waals surface area contributed by atoms with Crippen LogP contribution >= 0.6 is 11.3 Å². The molecule has 5 nitrogen and oxygen atoms in total. The van der Waals surface area contributed by atoms with Crippen LogP contribution in [0.15, 0.2) is 65.1 Å². The molecule has 0 saturated heterocycles. The number of thiophene rings is 1. The molecular formula is C22H20N2O3S. The second-order valence-corrected chi connectivity index (χ2v) is 7.66. The van der Waals surface area contributed by atoms with Crippen LogP contribution < -0.4 is 14.2 Å². The summed E-state index contributed by atoms with van der Waals surface area (Å²) in [6.07, 6.45) is 0.464. The van der Waals surface area contributed by atoms with E-state index in [9.17, 15) is 0 Å². The molecule has 0 radical (unpaired) electrons. The third-order valence-corrected chi connectivity index (χ3v) is 6.12. The summed E-state index contributed by atoms with van der Waals surface area (Å²) in [7, 11) is 3.30. The number of hydrazone groups is 1. The molecule has 0 saturated carbocycles. The zero-order valence-corrected chi connectivity index (χ0v) is 16.5. The highest BCUT2D eigenvalue weighted by molar-refractivity contribution is 7.12. The van der Waals surface area contributed by atoms with E-state index in [1.165, 1.54) is 4.88 Å². The molecule has 2 unspecified atom stereocenters. The van der Waals surface area contributed by atoms with Gasteiger partial charge in [0.25, 0.3) is 0 Å². The van der Waals surface area contributed by atoms with Gasteiger partial charge in [0.05, 0.1) is 36.4 Å². The van der Waals surface area contributed by atoms with Crippen molar-refractivity contribution < 1.29 is 14.2 Å². The summed E-state index contributed by atoms with van der Waals surface area (Å²) < 4.78 is 17.6. The average molecular weight is 392 g/mol. The van der Waals surface area contributed by atoms with Gasteiger partial charge >= 0.3 is 0 Å². The van der Waals surface area contributed by atoms with Gasteiger partial charge in [0.15, 0.2) is 11.5 Å². The Bertz CT molecular complexity index is 1030. The molecule has 0 spiro atoms. The molecule has 28 heavy (non-hydrogen) atoms. The molecule has 0 aliphatic carbocycles. The van der Waals surface area contributed by atoms with E-state index in [0.717, 1.165) is 29.0 Å². The smallest absolute Gasteiger partial charge is 0.217 e. The molecule has 6 heteroatoms. The third-order valence-electron chi connectivity index (χ3n) is 5.20. The number of hydrogen-bond donors (Lipinski definition) is 0. The molecule has 0 bridgehead atoms. The van der Waals surface area contributed by atoms with E-state index < -0.39 is 0 Å². The van der Waals surface area contributed by atoms with Crippen molar-refractivity contribution >= 4 is 17.0 Å². The van der Waals surface area contributed by atoms with Gasteiger partial charge in [-0.2, -0.15) is 5.10 Å². The molecule has 3 aromatic rings. The maximum absolute atomic E-state index is 6.43. The van der Waals surface area contributed by atoms with Gasteiger partial charge < -0.3 is 14.2 Å². The number of methoxy groups -OCH3 is 2. The largest absolute Gasteiger partial charge is 0.493 e. The first-order valence-corrected chi connectivity index (χ1v) is 10.0. The molecule has 0 amide bonds. The molecule has 2 aromatic carbocycles. The summed E-state index contributed by atoms with van der Waals surface area (Å²) in [5.74, 6) is 2.25. The van der Waals surface area contributed by atoms with Gasteiger partial charge in [-0.05, 0) is 29.6 Å². The van der Waals surface area contributed by atoms with Crippen molar-refractivity contribution in [3.63, 3.8) is 0 Å². The molecule has 2 aliphatic rings. The fourth-order valence-corrected chi connectivity index (χ4v) is 4.66. The van der Waals surface area contributed by atoms with Gasteiger partial charge in [0.1, 0.15) is 5.75 Å². The molecule has 0 fully saturated rings. The van der Waals surface area contributed by atoms with E-state index in [0.29, 0.717) is 11.5 Å². The van der Waals surface area contributed by atoms with Crippen molar-refractivity contribution in [3.05, 3.63) is 76.0 Å². The van der Waals surface area contributed by atoms with E-state index >= 15 is 0 Å². The number of ether oxygens (including phenoxy) is 3. The molecule has 1 aromatic heterocycles. The van der Waals surface area contributed by atoms with Crippen molar-refractivity contribution in [1.82, 2.24) is 5.01 Å². The Morgan fingerprint density at radius 1 is 1.00 bits per heavy atom. The van der Waals surface area contributed by atoms with Crippen molar-refractivity contribution in [1.29, 1.82) is 0 Å². The van der Waals surface area contributed by atoms with Gasteiger partial charge in [0, 0.05) is 12.0 Å². The Morgan fingerprint density at radius 2 is 1.86 bits per heavy atom. The van der Waals surface area contributed by atoms with Crippen LogP contribution in [0.25, 0.3) is 0 Å². The topological polar surface area (TPSA) is 43.3 Å². The molecule has 2 atom stereocenters. The second-order valence-electron chi connectivity index (χ2n) is 6.71. The van der Waals surface area contributed by atoms with Crippen LogP contribution in [0.4, 0.5) is 0 Å². The minimum absolute atomic E-state index is 0.128. The summed E-state index contributed by atoms with van der Waals surface area (Å²) in [4.78, 5) is 1.20. The number of fused-ring (bicyclic) bond motifs is 3. The van der Waals surface area contributed by atoms with Crippen molar-refractivity contribution in [2.24, 2.45) is 5.10 Å². The van der Waals surface area contributed by atoms with Crippen LogP contribution in [0.2, 0.25) is 0 Å². The lowest BCUT2D eigenvalue weighted by Crippen LogP contribution is -2.34. The first kappa shape index (κ1) is 17.1. The Morgan fingerprint density at radius 3 is 2.64 bits per heavy atom. The van der Waals surface area contributed by atoms with Crippen LogP contribution in [0.1, 0.15) is 34.7 Å². The highest BCUT2D eigenvalue weighted by Crippen LogP contribution is 2.50. The Balaban J connectivity index is 1.64. The first-order valence-electron chi connectivity index (χ1n) is 9.16. The second kappa shape index (κ2) is 6.87. The maximum atomic E-state index is 6.43. The van der Waals surface area contributed by atoms with E-state index in [-0.39, 0.29) is 12.3 Å². The SMILES string of the molecule is COc1cccc(C2Oc3ccccc3C3CC(c4cccs4)=NN32)c1OC. The van der Waals surface area contributed by atoms with E-state index in [2.05, 4.69) is 34.7 Å². The lowest BCUT2D eigenvalue weighted by atomic mass is 9.97. The molecule has 3 heterocycles. The molecule has 142 valence electrons. The zero-order valence-electron chi connectivity index (χ0n) is 15.7. The van der Waals surface area contributed by atoms with Crippen LogP contribution in [-0.2, 0) is 0 Å². The van der Waals surface area contributed by atoms with Gasteiger partial charge in [-0.25, -0.2) is 5.01 Å². The van der Waals surface area contributed by atoms with Gasteiger partial charge in [-0.1, -0.05) is 30.3 Å². The monoisotopic (exact) mass is 392 g/mol. The third kappa shape index (κ3) is 2.64. The highest BCUT2D eigenvalue weighted by Gasteiger charge is 2.42. The van der Waals surface area contributed by atoms with E-state index in [1.54, 1.807) is 25.6 Å². The minimum Gasteiger partial charge on any atom is -0.493 e. The fourth-order valence-electron chi connectivity index (χ4n) is 3.94. The number of benzene rings is 2. The summed E-state index contributed by atoms with van der Waals surface area (Å²) >= 11 is 1.71. The number of para-hydroxylation sites is 2. The lowest BCUT2D eigenvalue weighted by molar-refractivity contribution is -0.0205. The Kier molecular flexibility index (Phi) is 4.20. The number of hydrogen-bond acceptors (Lipinski definition) is 6. The van der Waals surface area contributed by atoms with Crippen molar-refractivity contribution in [2.75, 3.05) is 14.2 Å². The van der Waals surface area contributed by atoms with Crippen molar-refractivity contribution in [2.45, 2.75) is 18.7 Å². The fraction of sp³-hybridized carbons (Fsp3) is 0.227. The predicted molar refractivity (Wildman–Crippen MR) is 109 cm³/mol. The summed E-state index contributed by atoms with van der Waals surface area (Å²) in [6.45, 7) is 0. The lowest BCUT2D eigenvalue weighted by Gasteiger charge is -2.38. The van der Waals surface area contributed by atoms with Crippen LogP contribution in [0.3, 0.4) is 0 Å². The van der Waals surface area contributed by atoms with Crippen LogP contribution in [0, 0.1) is 0 Å². The van der Waals surface area contributed by atoms with Gasteiger partial charge in [-0.15, -0.1) is 11.3 Å². The average Bonchev–Trinajstić information content (AvgIpc) is 3.42. The Hall–Kier alpha value is -2.99. The van der Waals surface area contributed by atoms with Crippen molar-refractivity contribution in [3.8, 4) is 17.2 Å². The normalized spacial score (nSPS) is 20.1. The molecule has 2 aliphatic heterocycles. The van der Waals surface area contributed by atoms with Gasteiger partial charge in [-0.3, -0.25) is 0 Å². The van der Waals surface area contributed by atoms with E-state index in [1.807, 2.05) is 30.3 Å². The molecular weight excluding hydrogens is 372 g/mol. The number of rotatable bonds is 4.